The summed E-state index contributed by atoms with van der Waals surface area (Å²) >= 11 is 0. The van der Waals surface area contributed by atoms with Gasteiger partial charge in [0.05, 0.1) is 26.2 Å². The van der Waals surface area contributed by atoms with Crippen molar-refractivity contribution in [2.24, 2.45) is 5.92 Å². The lowest BCUT2D eigenvalue weighted by Gasteiger charge is -2.40. The van der Waals surface area contributed by atoms with Gasteiger partial charge < -0.3 is 14.8 Å². The topological polar surface area (TPSA) is 67.9 Å². The highest BCUT2D eigenvalue weighted by Crippen LogP contribution is 2.18. The first-order valence-electron chi connectivity index (χ1n) is 6.15. The number of likely N-dealkylation sites (N-methyl/N-ethyl adjacent to an activating group) is 1. The Hall–Kier alpha value is -1.14. The Morgan fingerprint density at radius 1 is 1.44 bits per heavy atom. The largest absolute Gasteiger partial charge is 0.469 e. The number of nitrogens with zero attached hydrogens (tertiary/aromatic N) is 1. The van der Waals surface area contributed by atoms with Gasteiger partial charge in [0.1, 0.15) is 6.04 Å². The molecule has 0 aromatic carbocycles. The van der Waals surface area contributed by atoms with Crippen molar-refractivity contribution in [2.45, 2.75) is 25.9 Å². The molecule has 1 rings (SSSR count). The summed E-state index contributed by atoms with van der Waals surface area (Å²) in [4.78, 5) is 25.4. The quantitative estimate of drug-likeness (QED) is 0.697. The van der Waals surface area contributed by atoms with Crippen molar-refractivity contribution in [1.29, 1.82) is 0 Å². The minimum Gasteiger partial charge on any atom is -0.469 e. The van der Waals surface area contributed by atoms with Gasteiger partial charge in [-0.25, -0.2) is 0 Å². The van der Waals surface area contributed by atoms with Crippen LogP contribution in [0.1, 0.15) is 13.8 Å². The third-order valence-corrected chi connectivity index (χ3v) is 3.54. The summed E-state index contributed by atoms with van der Waals surface area (Å²) in [6, 6.07) is -0.408. The second-order valence-corrected chi connectivity index (χ2v) is 4.50. The zero-order chi connectivity index (χ0) is 13.7. The number of morpholine rings is 1. The SMILES string of the molecule is CNC(=O)C1COCCN1C(C)C(C)C(=O)OC. The summed E-state index contributed by atoms with van der Waals surface area (Å²) in [5.41, 5.74) is 0. The number of carbonyl (C=O) groups is 2. The van der Waals surface area contributed by atoms with Crippen molar-refractivity contribution in [1.82, 2.24) is 10.2 Å². The number of nitrogens with one attached hydrogen (secondary N) is 1. The Morgan fingerprint density at radius 3 is 2.67 bits per heavy atom. The maximum atomic E-state index is 11.8. The molecular weight excluding hydrogens is 236 g/mol. The lowest BCUT2D eigenvalue weighted by molar-refractivity contribution is -0.151. The first-order chi connectivity index (χ1) is 8.52. The van der Waals surface area contributed by atoms with E-state index in [2.05, 4.69) is 5.32 Å². The van der Waals surface area contributed by atoms with Crippen LogP contribution in [0.5, 0.6) is 0 Å². The zero-order valence-electron chi connectivity index (χ0n) is 11.4. The normalized spacial score (nSPS) is 24.1. The van der Waals surface area contributed by atoms with Crippen molar-refractivity contribution in [3.05, 3.63) is 0 Å². The fourth-order valence-electron chi connectivity index (χ4n) is 2.17. The summed E-state index contributed by atoms with van der Waals surface area (Å²) in [6.45, 7) is 5.32. The Morgan fingerprint density at radius 2 is 2.11 bits per heavy atom. The monoisotopic (exact) mass is 258 g/mol. The average Bonchev–Trinajstić information content (AvgIpc) is 2.43. The minimum absolute atomic E-state index is 0.0661. The molecule has 1 aliphatic rings. The van der Waals surface area contributed by atoms with Crippen LogP contribution >= 0.6 is 0 Å². The van der Waals surface area contributed by atoms with E-state index >= 15 is 0 Å². The molecule has 1 aliphatic heterocycles. The molecular formula is C12H22N2O4. The molecule has 0 spiro atoms. The van der Waals surface area contributed by atoms with Gasteiger partial charge in [0.25, 0.3) is 0 Å². The van der Waals surface area contributed by atoms with Crippen molar-refractivity contribution >= 4 is 11.9 Å². The molecule has 1 amide bonds. The number of ether oxygens (including phenoxy) is 2. The number of rotatable bonds is 4. The van der Waals surface area contributed by atoms with Gasteiger partial charge in [0.15, 0.2) is 0 Å². The molecule has 0 saturated carbocycles. The number of hydrogen-bond donors (Lipinski definition) is 1. The van der Waals surface area contributed by atoms with Crippen LogP contribution in [0.3, 0.4) is 0 Å². The fraction of sp³-hybridized carbons (Fsp3) is 0.833. The number of amides is 1. The average molecular weight is 258 g/mol. The van der Waals surface area contributed by atoms with Crippen LogP contribution in [0.2, 0.25) is 0 Å². The van der Waals surface area contributed by atoms with E-state index in [1.165, 1.54) is 7.11 Å². The molecule has 1 saturated heterocycles. The molecule has 0 bridgehead atoms. The first-order valence-corrected chi connectivity index (χ1v) is 6.15. The van der Waals surface area contributed by atoms with Gasteiger partial charge in [-0.2, -0.15) is 0 Å². The van der Waals surface area contributed by atoms with Crippen LogP contribution in [-0.2, 0) is 19.1 Å². The van der Waals surface area contributed by atoms with Gasteiger partial charge >= 0.3 is 5.97 Å². The summed E-state index contributed by atoms with van der Waals surface area (Å²) in [7, 11) is 2.98. The van der Waals surface area contributed by atoms with Crippen LogP contribution in [0.25, 0.3) is 0 Å². The van der Waals surface area contributed by atoms with E-state index in [1.54, 1.807) is 7.05 Å². The van der Waals surface area contributed by atoms with E-state index in [0.717, 1.165) is 0 Å². The molecule has 1 N–H and O–H groups in total. The highest BCUT2D eigenvalue weighted by atomic mass is 16.5. The maximum Gasteiger partial charge on any atom is 0.309 e. The van der Waals surface area contributed by atoms with Crippen molar-refractivity contribution in [3.8, 4) is 0 Å². The number of hydrogen-bond acceptors (Lipinski definition) is 5. The summed E-state index contributed by atoms with van der Waals surface area (Å²) in [5, 5.41) is 2.62. The maximum absolute atomic E-state index is 11.8. The molecule has 0 radical (unpaired) electrons. The molecule has 0 aliphatic carbocycles. The van der Waals surface area contributed by atoms with E-state index in [1.807, 2.05) is 18.7 Å². The van der Waals surface area contributed by atoms with Gasteiger partial charge in [0.2, 0.25) is 5.91 Å². The van der Waals surface area contributed by atoms with E-state index in [4.69, 9.17) is 9.47 Å². The van der Waals surface area contributed by atoms with Gasteiger partial charge in [-0.15, -0.1) is 0 Å². The molecule has 18 heavy (non-hydrogen) atoms. The Labute approximate surface area is 108 Å². The van der Waals surface area contributed by atoms with Gasteiger partial charge in [-0.1, -0.05) is 6.92 Å². The second-order valence-electron chi connectivity index (χ2n) is 4.50. The lowest BCUT2D eigenvalue weighted by atomic mass is 9.99. The molecule has 6 heteroatoms. The molecule has 1 fully saturated rings. The molecule has 0 aromatic heterocycles. The third-order valence-electron chi connectivity index (χ3n) is 3.54. The van der Waals surface area contributed by atoms with Crippen LogP contribution < -0.4 is 5.32 Å². The van der Waals surface area contributed by atoms with Gasteiger partial charge in [-0.3, -0.25) is 14.5 Å². The fourth-order valence-corrected chi connectivity index (χ4v) is 2.17. The number of esters is 1. The number of methoxy groups -OCH3 is 1. The van der Waals surface area contributed by atoms with Crippen LogP contribution in [0, 0.1) is 5.92 Å². The highest BCUT2D eigenvalue weighted by Gasteiger charge is 2.36. The predicted octanol–water partition coefficient (Wildman–Crippen LogP) is -0.369. The van der Waals surface area contributed by atoms with Crippen molar-refractivity contribution in [3.63, 3.8) is 0 Å². The zero-order valence-corrected chi connectivity index (χ0v) is 11.4. The van der Waals surface area contributed by atoms with Crippen LogP contribution in [0.4, 0.5) is 0 Å². The molecule has 0 aromatic rings. The van der Waals surface area contributed by atoms with E-state index in [-0.39, 0.29) is 29.9 Å². The Bertz CT molecular complexity index is 308. The summed E-state index contributed by atoms with van der Waals surface area (Å²) < 4.78 is 10.1. The van der Waals surface area contributed by atoms with Gasteiger partial charge in [0, 0.05) is 19.6 Å². The van der Waals surface area contributed by atoms with Crippen LogP contribution in [0.15, 0.2) is 0 Å². The van der Waals surface area contributed by atoms with Crippen molar-refractivity contribution in [2.75, 3.05) is 33.9 Å². The molecule has 3 unspecified atom stereocenters. The summed E-state index contributed by atoms with van der Waals surface area (Å²) in [5.74, 6) is -0.622. The minimum atomic E-state index is -0.342. The Balaban J connectivity index is 2.76. The molecule has 1 heterocycles. The standard InChI is InChI=1S/C12H22N2O4/c1-8(12(16)17-4)9(2)14-5-6-18-7-10(14)11(15)13-3/h8-10H,5-7H2,1-4H3,(H,13,15). The molecule has 6 nitrogen and oxygen atoms in total. The highest BCUT2D eigenvalue weighted by molar-refractivity contribution is 5.82. The molecule has 104 valence electrons. The molecule has 3 atom stereocenters. The third kappa shape index (κ3) is 3.20. The van der Waals surface area contributed by atoms with E-state index < -0.39 is 0 Å². The van der Waals surface area contributed by atoms with E-state index in [9.17, 15) is 9.59 Å². The number of carbonyl (C=O) groups excluding carboxylic acids is 2. The van der Waals surface area contributed by atoms with E-state index in [0.29, 0.717) is 19.8 Å². The van der Waals surface area contributed by atoms with Crippen LogP contribution in [-0.4, -0.2) is 62.8 Å². The predicted molar refractivity (Wildman–Crippen MR) is 66.0 cm³/mol. The van der Waals surface area contributed by atoms with Gasteiger partial charge in [-0.05, 0) is 6.92 Å². The first kappa shape index (κ1) is 14.9. The second kappa shape index (κ2) is 6.70. The smallest absolute Gasteiger partial charge is 0.309 e. The lowest BCUT2D eigenvalue weighted by Crippen LogP contribution is -2.58. The van der Waals surface area contributed by atoms with Crippen molar-refractivity contribution < 1.29 is 19.1 Å². The Kier molecular flexibility index (Phi) is 5.55. The summed E-state index contributed by atoms with van der Waals surface area (Å²) in [6.07, 6.45) is 0.